The molecule has 0 spiro atoms. The van der Waals surface area contributed by atoms with Crippen molar-refractivity contribution in [2.24, 2.45) is 17.6 Å². The first kappa shape index (κ1) is 84.4. The minimum atomic E-state index is -4.82. The number of rotatable bonds is 36. The fourth-order valence-electron chi connectivity index (χ4n) is 12.4. The van der Waals surface area contributed by atoms with E-state index in [-0.39, 0.29) is 109 Å². The number of aliphatic hydroxyl groups excluding tert-OH is 1. The fraction of sp³-hybridized carbons (Fsp3) is 0.625. The number of anilines is 3. The maximum atomic E-state index is 14.7. The van der Waals surface area contributed by atoms with Gasteiger partial charge in [0.15, 0.2) is 18.0 Å². The third-order valence-electron chi connectivity index (χ3n) is 17.6. The lowest BCUT2D eigenvalue weighted by atomic mass is 9.89. The molecule has 6 aromatic heterocycles. The van der Waals surface area contributed by atoms with Crippen molar-refractivity contribution in [1.29, 1.82) is 0 Å². The number of ether oxygens (including phenoxy) is 7. The van der Waals surface area contributed by atoms with Gasteiger partial charge in [0.2, 0.25) is 5.95 Å². The largest absolute Gasteiger partial charge is 0.780 e. The van der Waals surface area contributed by atoms with Gasteiger partial charge in [0.25, 0.3) is 16.7 Å². The van der Waals surface area contributed by atoms with Crippen molar-refractivity contribution in [3.05, 3.63) is 126 Å². The molecule has 4 unspecified atom stereocenters. The summed E-state index contributed by atoms with van der Waals surface area (Å²) in [6.45, 7) is -10.0. The van der Waals surface area contributed by atoms with Gasteiger partial charge in [-0.05, 0) is 65.0 Å². The Hall–Kier alpha value is -4.53. The lowest BCUT2D eigenvalue weighted by Gasteiger charge is -2.36. The lowest BCUT2D eigenvalue weighted by Crippen LogP contribution is -2.33. The summed E-state index contributed by atoms with van der Waals surface area (Å²) >= 11 is 31.9. The summed E-state index contributed by atoms with van der Waals surface area (Å²) < 4.78 is 118. The van der Waals surface area contributed by atoms with Crippen molar-refractivity contribution >= 4 is 131 Å². The van der Waals surface area contributed by atoms with Crippen LogP contribution in [0.15, 0.2) is 81.3 Å². The zero-order valence-corrected chi connectivity index (χ0v) is 66.5. The van der Waals surface area contributed by atoms with Gasteiger partial charge >= 0.3 is 29.5 Å². The number of nitrogens with zero attached hydrogens (tertiary/aromatic N) is 9. The molecular weight excluding hydrogens is 1680 g/mol. The number of halogens is 1. The third-order valence-corrected chi connectivity index (χ3v) is 25.8. The van der Waals surface area contributed by atoms with Gasteiger partial charge in [-0.1, -0.05) is 37.5 Å². The van der Waals surface area contributed by atoms with Gasteiger partial charge in [-0.15, -0.1) is 0 Å². The highest BCUT2D eigenvalue weighted by Crippen LogP contribution is 2.57. The summed E-state index contributed by atoms with van der Waals surface area (Å²) in [7, 11) is 0. The maximum Gasteiger partial charge on any atom is 0.351 e. The Bertz CT molecular complexity index is 4850. The van der Waals surface area contributed by atoms with Gasteiger partial charge in [0.05, 0.1) is 113 Å². The molecular formula is C56H76BrN16O26P4S5-3. The molecule has 19 atom stereocenters. The topological polar surface area (TPSA) is 555 Å². The van der Waals surface area contributed by atoms with Crippen LogP contribution in [-0.2, 0) is 138 Å². The number of fused-ring (bicyclic) bond motifs is 1. The molecule has 5 aliphatic heterocycles. The molecule has 42 nitrogen and oxygen atoms in total. The van der Waals surface area contributed by atoms with E-state index in [0.29, 0.717) is 19.6 Å². The smallest absolute Gasteiger partial charge is 0.351 e. The number of aryl methyl sites for hydroxylation is 1. The number of aromatic nitrogens is 12. The molecule has 5 fully saturated rings. The molecule has 12 N–H and O–H groups in total. The average molecular weight is 1750 g/mol. The van der Waals surface area contributed by atoms with Crippen molar-refractivity contribution in [2.75, 3.05) is 89.8 Å². The molecule has 0 radical (unpaired) electrons. The second-order valence-electron chi connectivity index (χ2n) is 25.3. The molecule has 0 bridgehead atoms. The quantitative estimate of drug-likeness (QED) is 0.0147. The molecule has 6 aromatic rings. The second kappa shape index (κ2) is 36.3. The number of aliphatic hydroxyl groups is 1. The number of imidazole rings is 1. The number of nitrogens with two attached hydrogens (primary N) is 4. The molecule has 0 saturated carbocycles. The van der Waals surface area contributed by atoms with Crippen LogP contribution in [0.1, 0.15) is 82.7 Å². The number of nitrogen functional groups attached to an aromatic ring is 3. The fourth-order valence-corrected chi connectivity index (χ4v) is 19.7. The predicted octanol–water partition coefficient (Wildman–Crippen LogP) is 0.105. The van der Waals surface area contributed by atoms with Crippen molar-refractivity contribution in [2.45, 2.75) is 139 Å². The highest BCUT2D eigenvalue weighted by atomic mass is 79.9. The molecule has 0 amide bonds. The minimum Gasteiger partial charge on any atom is -0.780 e. The van der Waals surface area contributed by atoms with Crippen LogP contribution in [-0.4, -0.2) is 190 Å². The molecule has 11 rings (SSSR count). The molecule has 108 heavy (non-hydrogen) atoms. The van der Waals surface area contributed by atoms with Gasteiger partial charge < -0.3 is 131 Å². The molecule has 596 valence electrons. The number of hydrogen-bond donors (Lipinski definition) is 8. The van der Waals surface area contributed by atoms with Crippen LogP contribution in [0, 0.1) is 18.8 Å². The van der Waals surface area contributed by atoms with E-state index >= 15 is 0 Å². The van der Waals surface area contributed by atoms with Crippen molar-refractivity contribution in [3.8, 4) is 0 Å². The molecule has 0 aromatic carbocycles. The molecule has 0 aliphatic carbocycles. The van der Waals surface area contributed by atoms with Crippen LogP contribution < -0.4 is 67.3 Å². The zero-order valence-electron chi connectivity index (χ0n) is 57.3. The minimum absolute atomic E-state index is 0.000578. The van der Waals surface area contributed by atoms with Crippen LogP contribution in [0.3, 0.4) is 0 Å². The SMILES string of the molecule is Cc1cn([C@H]2C[C@@H](OP(=S)(OCCOCCOCCN)OC[C@H]3O[C@@H](n4ccc(N)nc4=O)C[C@H]3C(C)C)[C@@H](COP(=S)([S-])O[C@@H]3C[C@H](n4cnc5c(=O)[nH]c(N)nc54)O[C@@H]3COP([O-])(=S)O[C@@H]3C[C@H](n4ccc(N)nc4=O)O[C@@H]3COP(=O)([S-])O[C@@H]3C[C@H](n4cc(Br)c(=O)[nH]c4=O)O[C@@H]3CO)O2)c(=O)[nH]c1=O. The zero-order chi connectivity index (χ0) is 77.7. The van der Waals surface area contributed by atoms with Gasteiger partial charge in [0, 0.05) is 62.6 Å². The maximum absolute atomic E-state index is 14.7. The van der Waals surface area contributed by atoms with E-state index in [1.54, 1.807) is 0 Å². The highest BCUT2D eigenvalue weighted by molar-refractivity contribution is 9.10. The summed E-state index contributed by atoms with van der Waals surface area (Å²) in [5.74, 6) is -0.559. The van der Waals surface area contributed by atoms with Crippen LogP contribution in [0.2, 0.25) is 0 Å². The summed E-state index contributed by atoms with van der Waals surface area (Å²) in [6.07, 6.45) is -10.5. The Balaban J connectivity index is 0.816. The van der Waals surface area contributed by atoms with E-state index in [0.717, 1.165) is 19.9 Å². The first-order valence-electron chi connectivity index (χ1n) is 33.2. The molecule has 5 aliphatic rings. The molecule has 11 heterocycles. The van der Waals surface area contributed by atoms with Crippen molar-refractivity contribution < 1.29 is 88.4 Å². The number of H-pyrrole nitrogens is 3. The Kier molecular flexibility index (Phi) is 28.4. The van der Waals surface area contributed by atoms with Crippen LogP contribution in [0.25, 0.3) is 11.2 Å². The van der Waals surface area contributed by atoms with Crippen LogP contribution in [0.4, 0.5) is 17.6 Å². The average Bonchev–Trinajstić information content (AvgIpc) is 1.62. The summed E-state index contributed by atoms with van der Waals surface area (Å²) in [6, 6.07) is 2.78. The van der Waals surface area contributed by atoms with Gasteiger partial charge in [0.1, 0.15) is 73.9 Å². The van der Waals surface area contributed by atoms with Crippen molar-refractivity contribution in [1.82, 2.24) is 57.7 Å². The molecule has 52 heteroatoms. The van der Waals surface area contributed by atoms with E-state index in [9.17, 15) is 48.1 Å². The van der Waals surface area contributed by atoms with E-state index in [2.05, 4.69) is 50.8 Å². The van der Waals surface area contributed by atoms with Crippen molar-refractivity contribution in [3.63, 3.8) is 0 Å². The van der Waals surface area contributed by atoms with E-state index in [1.807, 2.05) is 13.8 Å². The summed E-state index contributed by atoms with van der Waals surface area (Å²) in [5.41, 5.74) is 13.8. The Morgan fingerprint density at radius 1 is 0.611 bits per heavy atom. The lowest BCUT2D eigenvalue weighted by molar-refractivity contribution is -0.215. The normalized spacial score (nSPS) is 28.2. The van der Waals surface area contributed by atoms with E-state index < -0.39 is 178 Å². The number of hydrogen-bond acceptors (Lipinski definition) is 39. The van der Waals surface area contributed by atoms with Gasteiger partial charge in [-0.2, -0.15) is 15.0 Å². The Morgan fingerprint density at radius 3 is 1.71 bits per heavy atom. The number of aromatic amines is 3. The standard InChI is InChI=1S/C56H79BrN16O26P4S5/c1-27(2)29-14-42(69-7-4-40(59)63-53(69)78)92-36(29)22-89-102(106,86-13-12-85-11-10-84-9-6-58)98-33-17-44(71-19-28(3)49(75)67-55(71)80)94-39(33)25-90-103(107,108)99-34-18-46(73-26-62-47-48(73)65-52(61)66-51(47)77)95-38(34)24-88-101(83,105)97-32-16-43(70-8-5-41(60)64-54(70)79)93-37(32)23-87-100(82,104)96-31-15-45(91-35(31)21-74)72-20-30(57)50(76)68-56(72)81/h4-5,7-8,19-20,26-27,29,31-39,42-46,74H,6,9-18,21-25,58H2,1-3H3,(H,82,104)(H,83,105)(H,107,108)(H2,59,63,78)(H2,60,64,79)(H,67,75,80)(H,68,76,81)(H3,61,65,66,77)/p-3/t29-,31+,32+,33+,34+,35+,36+,37+,38+,39+,42+,43+,44+,45+,46+,100?,101?,102?/m0/s1. The summed E-state index contributed by atoms with van der Waals surface area (Å²) in [5, 5.41) is 10.2. The highest BCUT2D eigenvalue weighted by Gasteiger charge is 2.47. The first-order chi connectivity index (χ1) is 51.2. The van der Waals surface area contributed by atoms with Crippen LogP contribution >= 0.6 is 41.9 Å². The third kappa shape index (κ3) is 21.3. The van der Waals surface area contributed by atoms with E-state index in [1.165, 1.54) is 53.1 Å². The monoisotopic (exact) mass is 1750 g/mol. The Labute approximate surface area is 645 Å². The molecule has 5 saturated heterocycles. The van der Waals surface area contributed by atoms with Gasteiger partial charge in [-0.25, -0.2) is 24.2 Å². The Morgan fingerprint density at radius 2 is 1.11 bits per heavy atom. The first-order valence-corrected chi connectivity index (χ1v) is 45.3. The van der Waals surface area contributed by atoms with Crippen LogP contribution in [0.5, 0.6) is 0 Å². The van der Waals surface area contributed by atoms with E-state index in [4.69, 9.17) is 157 Å². The number of nitrogens with one attached hydrogen (secondary N) is 3. The summed E-state index contributed by atoms with van der Waals surface area (Å²) in [4.78, 5) is 128. The van der Waals surface area contributed by atoms with Gasteiger partial charge in [-0.3, -0.25) is 56.7 Å². The predicted molar refractivity (Wildman–Crippen MR) is 397 cm³/mol. The second-order valence-corrected chi connectivity index (χ2v) is 39.5.